The van der Waals surface area contributed by atoms with Gasteiger partial charge in [-0.3, -0.25) is 0 Å². The smallest absolute Gasteiger partial charge is 0.125 e. The van der Waals surface area contributed by atoms with Gasteiger partial charge < -0.3 is 5.32 Å². The van der Waals surface area contributed by atoms with Crippen LogP contribution in [0.4, 0.5) is 5.82 Å². The lowest BCUT2D eigenvalue weighted by Crippen LogP contribution is -2.10. The third-order valence-electron chi connectivity index (χ3n) is 3.11. The van der Waals surface area contributed by atoms with Gasteiger partial charge in [0, 0.05) is 17.0 Å². The van der Waals surface area contributed by atoms with E-state index in [0.29, 0.717) is 12.0 Å². The molecule has 0 bridgehead atoms. The van der Waals surface area contributed by atoms with Crippen LogP contribution in [0.25, 0.3) is 0 Å². The van der Waals surface area contributed by atoms with Crippen molar-refractivity contribution in [3.8, 4) is 0 Å². The van der Waals surface area contributed by atoms with Crippen molar-refractivity contribution in [2.75, 3.05) is 5.32 Å². The summed E-state index contributed by atoms with van der Waals surface area (Å²) >= 11 is 1.69. The van der Waals surface area contributed by atoms with Crippen molar-refractivity contribution in [3.05, 3.63) is 27.8 Å². The predicted molar refractivity (Wildman–Crippen MR) is 80.9 cm³/mol. The van der Waals surface area contributed by atoms with Crippen LogP contribution in [-0.4, -0.2) is 14.8 Å². The molecule has 1 N–H and O–H groups in total. The molecule has 0 aromatic carbocycles. The third kappa shape index (κ3) is 3.15. The summed E-state index contributed by atoms with van der Waals surface area (Å²) in [5.74, 6) is 1.54. The summed E-state index contributed by atoms with van der Waals surface area (Å²) < 4.78 is 2.06. The Hall–Kier alpha value is -1.36. The molecule has 0 radical (unpaired) electrons. The molecule has 0 amide bonds. The Kier molecular flexibility index (Phi) is 4.24. The van der Waals surface area contributed by atoms with Crippen LogP contribution in [0.15, 0.2) is 11.6 Å². The van der Waals surface area contributed by atoms with Gasteiger partial charge in [-0.05, 0) is 26.7 Å². The summed E-state index contributed by atoms with van der Waals surface area (Å²) in [5.41, 5.74) is 4.14. The van der Waals surface area contributed by atoms with Crippen molar-refractivity contribution in [3.63, 3.8) is 0 Å². The molecular formula is C14H22N4S. The maximum absolute atomic E-state index is 4.67. The first-order valence-corrected chi connectivity index (χ1v) is 7.59. The maximum atomic E-state index is 4.67. The van der Waals surface area contributed by atoms with Gasteiger partial charge in [0.15, 0.2) is 0 Å². The van der Waals surface area contributed by atoms with Gasteiger partial charge in [0.25, 0.3) is 0 Å². The molecule has 0 aliphatic rings. The van der Waals surface area contributed by atoms with Crippen molar-refractivity contribution in [2.24, 2.45) is 0 Å². The molecule has 0 saturated heterocycles. The van der Waals surface area contributed by atoms with Gasteiger partial charge >= 0.3 is 0 Å². The maximum Gasteiger partial charge on any atom is 0.125 e. The van der Waals surface area contributed by atoms with E-state index in [-0.39, 0.29) is 0 Å². The van der Waals surface area contributed by atoms with E-state index in [1.165, 1.54) is 4.88 Å². The number of aromatic nitrogens is 3. The van der Waals surface area contributed by atoms with Gasteiger partial charge in [0.1, 0.15) is 5.82 Å². The van der Waals surface area contributed by atoms with Crippen LogP contribution < -0.4 is 5.32 Å². The Morgan fingerprint density at radius 2 is 2.05 bits per heavy atom. The van der Waals surface area contributed by atoms with E-state index in [9.17, 15) is 0 Å². The number of hydrogen-bond donors (Lipinski definition) is 1. The van der Waals surface area contributed by atoms with Crippen LogP contribution in [0.1, 0.15) is 55.9 Å². The molecule has 0 fully saturated rings. The van der Waals surface area contributed by atoms with Gasteiger partial charge in [-0.1, -0.05) is 13.8 Å². The SMILES string of the molecule is Cc1ncsc1CNc1cc(C(C)C)nn1C(C)C. The number of nitrogens with zero attached hydrogens (tertiary/aromatic N) is 3. The van der Waals surface area contributed by atoms with Crippen molar-refractivity contribution in [1.82, 2.24) is 14.8 Å². The van der Waals surface area contributed by atoms with Crippen LogP contribution in [-0.2, 0) is 6.54 Å². The number of rotatable bonds is 5. The van der Waals surface area contributed by atoms with E-state index in [4.69, 9.17) is 0 Å². The lowest BCUT2D eigenvalue weighted by Gasteiger charge is -2.12. The number of anilines is 1. The fourth-order valence-corrected chi connectivity index (χ4v) is 2.60. The molecule has 0 aliphatic heterocycles. The van der Waals surface area contributed by atoms with Gasteiger partial charge in [0.05, 0.1) is 23.4 Å². The average molecular weight is 278 g/mol. The number of hydrogen-bond acceptors (Lipinski definition) is 4. The Labute approximate surface area is 118 Å². The quantitative estimate of drug-likeness (QED) is 0.900. The zero-order valence-electron chi connectivity index (χ0n) is 12.3. The zero-order valence-corrected chi connectivity index (χ0v) is 13.1. The minimum Gasteiger partial charge on any atom is -0.365 e. The summed E-state index contributed by atoms with van der Waals surface area (Å²) in [4.78, 5) is 5.56. The Balaban J connectivity index is 2.17. The predicted octanol–water partition coefficient (Wildman–Crippen LogP) is 3.96. The zero-order chi connectivity index (χ0) is 14.0. The molecule has 2 aromatic heterocycles. The molecule has 104 valence electrons. The summed E-state index contributed by atoms with van der Waals surface area (Å²) in [6.45, 7) is 11.5. The van der Waals surface area contributed by atoms with Crippen LogP contribution in [0.5, 0.6) is 0 Å². The van der Waals surface area contributed by atoms with E-state index in [2.05, 4.69) is 53.8 Å². The Morgan fingerprint density at radius 3 is 2.58 bits per heavy atom. The van der Waals surface area contributed by atoms with Crippen LogP contribution in [0, 0.1) is 6.92 Å². The van der Waals surface area contributed by atoms with Gasteiger partial charge in [-0.15, -0.1) is 11.3 Å². The van der Waals surface area contributed by atoms with Crippen LogP contribution in [0.3, 0.4) is 0 Å². The number of thiazole rings is 1. The number of aryl methyl sites for hydroxylation is 1. The highest BCUT2D eigenvalue weighted by Crippen LogP contribution is 2.23. The van der Waals surface area contributed by atoms with Crippen LogP contribution >= 0.6 is 11.3 Å². The molecule has 4 nitrogen and oxygen atoms in total. The molecule has 0 unspecified atom stereocenters. The fourth-order valence-electron chi connectivity index (χ4n) is 1.89. The summed E-state index contributed by atoms with van der Waals surface area (Å²) in [5, 5.41) is 8.16. The molecule has 0 saturated carbocycles. The Morgan fingerprint density at radius 1 is 1.32 bits per heavy atom. The second-order valence-corrected chi connectivity index (χ2v) is 6.30. The minimum atomic E-state index is 0.359. The molecule has 19 heavy (non-hydrogen) atoms. The largest absolute Gasteiger partial charge is 0.365 e. The second-order valence-electron chi connectivity index (χ2n) is 5.36. The van der Waals surface area contributed by atoms with Crippen molar-refractivity contribution in [1.29, 1.82) is 0 Å². The van der Waals surface area contributed by atoms with Crippen molar-refractivity contribution in [2.45, 2.75) is 53.1 Å². The highest BCUT2D eigenvalue weighted by atomic mass is 32.1. The van der Waals surface area contributed by atoms with Gasteiger partial charge in [-0.25, -0.2) is 9.67 Å². The van der Waals surface area contributed by atoms with E-state index in [1.807, 2.05) is 12.4 Å². The fraction of sp³-hybridized carbons (Fsp3) is 0.571. The molecule has 0 spiro atoms. The van der Waals surface area contributed by atoms with Gasteiger partial charge in [0.2, 0.25) is 0 Å². The van der Waals surface area contributed by atoms with E-state index < -0.39 is 0 Å². The topological polar surface area (TPSA) is 42.7 Å². The summed E-state index contributed by atoms with van der Waals surface area (Å²) in [6.07, 6.45) is 0. The van der Waals surface area contributed by atoms with Crippen LogP contribution in [0.2, 0.25) is 0 Å². The second kappa shape index (κ2) is 5.74. The Bertz CT molecular complexity index is 539. The first kappa shape index (κ1) is 14.1. The molecule has 0 aliphatic carbocycles. The van der Waals surface area contributed by atoms with Crippen molar-refractivity contribution >= 4 is 17.2 Å². The minimum absolute atomic E-state index is 0.359. The standard InChI is InChI=1S/C14H22N4S/c1-9(2)12-6-14(18(17-12)10(3)4)15-7-13-11(5)16-8-19-13/h6,8-10,15H,7H2,1-5H3. The third-order valence-corrected chi connectivity index (χ3v) is 4.05. The molecule has 5 heteroatoms. The molecule has 0 atom stereocenters. The first-order chi connectivity index (χ1) is 8.99. The molecule has 2 aromatic rings. The average Bonchev–Trinajstić information content (AvgIpc) is 2.92. The summed E-state index contributed by atoms with van der Waals surface area (Å²) in [6, 6.07) is 2.51. The highest BCUT2D eigenvalue weighted by molar-refractivity contribution is 7.09. The first-order valence-electron chi connectivity index (χ1n) is 6.71. The van der Waals surface area contributed by atoms with E-state index in [1.54, 1.807) is 11.3 Å². The molecular weight excluding hydrogens is 256 g/mol. The van der Waals surface area contributed by atoms with Crippen molar-refractivity contribution < 1.29 is 0 Å². The highest BCUT2D eigenvalue weighted by Gasteiger charge is 2.13. The lowest BCUT2D eigenvalue weighted by molar-refractivity contribution is 0.527. The monoisotopic (exact) mass is 278 g/mol. The van der Waals surface area contributed by atoms with Gasteiger partial charge in [-0.2, -0.15) is 5.10 Å². The van der Waals surface area contributed by atoms with E-state index >= 15 is 0 Å². The lowest BCUT2D eigenvalue weighted by atomic mass is 10.1. The molecule has 2 rings (SSSR count). The molecule has 2 heterocycles. The summed E-state index contributed by atoms with van der Waals surface area (Å²) in [7, 11) is 0. The number of nitrogens with one attached hydrogen (secondary N) is 1. The van der Waals surface area contributed by atoms with E-state index in [0.717, 1.165) is 23.8 Å². The normalized spacial score (nSPS) is 11.5.